The van der Waals surface area contributed by atoms with Crippen LogP contribution in [0.25, 0.3) is 0 Å². The van der Waals surface area contributed by atoms with E-state index in [-0.39, 0.29) is 5.69 Å². The number of hydrogen-bond acceptors (Lipinski definition) is 4. The van der Waals surface area contributed by atoms with Gasteiger partial charge in [0, 0.05) is 17.1 Å². The van der Waals surface area contributed by atoms with E-state index in [1.807, 2.05) is 6.07 Å². The summed E-state index contributed by atoms with van der Waals surface area (Å²) in [5.41, 5.74) is 6.50. The Hall–Kier alpha value is -1.44. The van der Waals surface area contributed by atoms with Crippen LogP contribution in [0, 0.1) is 10.1 Å². The molecule has 104 valence electrons. The predicted molar refractivity (Wildman–Crippen MR) is 82.9 cm³/mol. The minimum absolute atomic E-state index is 0.0270. The number of rotatable bonds is 4. The molecule has 0 bridgehead atoms. The van der Waals surface area contributed by atoms with E-state index in [0.29, 0.717) is 22.5 Å². The largest absolute Gasteiger partial charge is 0.456 e. The van der Waals surface area contributed by atoms with Crippen LogP contribution in [0.4, 0.5) is 5.69 Å². The van der Waals surface area contributed by atoms with Crippen LogP contribution in [0.1, 0.15) is 5.56 Å². The molecule has 20 heavy (non-hydrogen) atoms. The highest BCUT2D eigenvalue weighted by Gasteiger charge is 2.11. The molecule has 2 aromatic rings. The Bertz CT molecular complexity index is 662. The van der Waals surface area contributed by atoms with Crippen molar-refractivity contribution in [2.75, 3.05) is 0 Å². The first kappa shape index (κ1) is 15.0. The smallest absolute Gasteiger partial charge is 0.273 e. The lowest BCUT2D eigenvalue weighted by molar-refractivity contribution is -0.384. The third-order valence-corrected chi connectivity index (χ3v) is 3.99. The van der Waals surface area contributed by atoms with E-state index in [1.165, 1.54) is 12.1 Å². The lowest BCUT2D eigenvalue weighted by Crippen LogP contribution is -1.97. The van der Waals surface area contributed by atoms with Crippen LogP contribution >= 0.6 is 31.9 Å². The molecule has 2 aromatic carbocycles. The molecule has 0 aliphatic rings. The van der Waals surface area contributed by atoms with Crippen molar-refractivity contribution in [1.82, 2.24) is 0 Å². The van der Waals surface area contributed by atoms with E-state index in [4.69, 9.17) is 10.5 Å². The van der Waals surface area contributed by atoms with Gasteiger partial charge in [-0.3, -0.25) is 10.1 Å². The number of nitrogens with two attached hydrogens (primary N) is 1. The van der Waals surface area contributed by atoms with Crippen molar-refractivity contribution in [3.8, 4) is 11.5 Å². The molecule has 0 radical (unpaired) electrons. The summed E-state index contributed by atoms with van der Waals surface area (Å²) in [7, 11) is 0. The summed E-state index contributed by atoms with van der Waals surface area (Å²) in [4.78, 5) is 10.3. The Labute approximate surface area is 132 Å². The molecular formula is C13H10Br2N2O3. The Balaban J connectivity index is 2.32. The summed E-state index contributed by atoms with van der Waals surface area (Å²) in [5.74, 6) is 0.946. The maximum absolute atomic E-state index is 10.8. The van der Waals surface area contributed by atoms with E-state index in [0.717, 1.165) is 10.0 Å². The number of nitro benzene ring substituents is 1. The van der Waals surface area contributed by atoms with Gasteiger partial charge in [-0.2, -0.15) is 0 Å². The van der Waals surface area contributed by atoms with Gasteiger partial charge in [-0.25, -0.2) is 0 Å². The molecule has 7 heteroatoms. The Kier molecular flexibility index (Phi) is 4.74. The Morgan fingerprint density at radius 2 is 1.90 bits per heavy atom. The number of nitrogens with zero attached hydrogens (tertiary/aromatic N) is 1. The third-order valence-electron chi connectivity index (χ3n) is 2.60. The van der Waals surface area contributed by atoms with Gasteiger partial charge in [0.05, 0.1) is 15.5 Å². The highest BCUT2D eigenvalue weighted by atomic mass is 79.9. The second kappa shape index (κ2) is 6.34. The second-order valence-corrected chi connectivity index (χ2v) is 5.64. The summed E-state index contributed by atoms with van der Waals surface area (Å²) < 4.78 is 7.13. The van der Waals surface area contributed by atoms with E-state index in [1.54, 1.807) is 18.2 Å². The first-order valence-electron chi connectivity index (χ1n) is 5.61. The first-order chi connectivity index (χ1) is 9.51. The summed E-state index contributed by atoms with van der Waals surface area (Å²) >= 11 is 6.70. The summed E-state index contributed by atoms with van der Waals surface area (Å²) in [6, 6.07) is 9.73. The van der Waals surface area contributed by atoms with Gasteiger partial charge in [0.15, 0.2) is 0 Å². The SMILES string of the molecule is NCc1ccc(Oc2cc([N+](=O)[O-])ccc2Br)cc1Br. The van der Waals surface area contributed by atoms with Gasteiger partial charge < -0.3 is 10.5 Å². The van der Waals surface area contributed by atoms with Crippen molar-refractivity contribution < 1.29 is 9.66 Å². The number of nitro groups is 1. The molecule has 0 heterocycles. The van der Waals surface area contributed by atoms with Gasteiger partial charge in [0.25, 0.3) is 5.69 Å². The zero-order valence-corrected chi connectivity index (χ0v) is 13.3. The Morgan fingerprint density at radius 1 is 1.15 bits per heavy atom. The van der Waals surface area contributed by atoms with Crippen LogP contribution in [0.2, 0.25) is 0 Å². The number of hydrogen-bond donors (Lipinski definition) is 1. The Morgan fingerprint density at radius 3 is 2.50 bits per heavy atom. The van der Waals surface area contributed by atoms with E-state index in [9.17, 15) is 10.1 Å². The average molecular weight is 402 g/mol. The molecular weight excluding hydrogens is 392 g/mol. The topological polar surface area (TPSA) is 78.4 Å². The van der Waals surface area contributed by atoms with Gasteiger partial charge >= 0.3 is 0 Å². The molecule has 0 saturated heterocycles. The van der Waals surface area contributed by atoms with Crippen molar-refractivity contribution in [2.24, 2.45) is 5.73 Å². The van der Waals surface area contributed by atoms with Crippen LogP contribution < -0.4 is 10.5 Å². The number of non-ortho nitro benzene ring substituents is 1. The molecule has 0 saturated carbocycles. The predicted octanol–water partition coefficient (Wildman–Crippen LogP) is 4.37. The van der Waals surface area contributed by atoms with Crippen molar-refractivity contribution in [2.45, 2.75) is 6.54 Å². The molecule has 2 rings (SSSR count). The fraction of sp³-hybridized carbons (Fsp3) is 0.0769. The zero-order chi connectivity index (χ0) is 14.7. The molecule has 5 nitrogen and oxygen atoms in total. The summed E-state index contributed by atoms with van der Waals surface area (Å²) in [6.45, 7) is 0.418. The fourth-order valence-electron chi connectivity index (χ4n) is 1.57. The average Bonchev–Trinajstić information content (AvgIpc) is 2.41. The monoisotopic (exact) mass is 400 g/mol. The van der Waals surface area contributed by atoms with Gasteiger partial charge in [-0.1, -0.05) is 22.0 Å². The highest BCUT2D eigenvalue weighted by molar-refractivity contribution is 9.10. The first-order valence-corrected chi connectivity index (χ1v) is 7.20. The minimum Gasteiger partial charge on any atom is -0.456 e. The third kappa shape index (κ3) is 3.36. The van der Waals surface area contributed by atoms with Crippen molar-refractivity contribution in [1.29, 1.82) is 0 Å². The van der Waals surface area contributed by atoms with Crippen LogP contribution in [0.15, 0.2) is 45.3 Å². The lowest BCUT2D eigenvalue weighted by atomic mass is 10.2. The maximum atomic E-state index is 10.8. The number of ether oxygens (including phenoxy) is 1. The summed E-state index contributed by atoms with van der Waals surface area (Å²) in [6.07, 6.45) is 0. The van der Waals surface area contributed by atoms with Gasteiger partial charge in [-0.15, -0.1) is 0 Å². The molecule has 2 N–H and O–H groups in total. The molecule has 0 aliphatic heterocycles. The molecule has 0 fully saturated rings. The molecule has 0 aliphatic carbocycles. The standard InChI is InChI=1S/C13H10Br2N2O3/c14-11-4-2-9(17(18)19)5-13(11)20-10-3-1-8(7-16)12(15)6-10/h1-6H,7,16H2. The number of halogens is 2. The quantitative estimate of drug-likeness (QED) is 0.609. The van der Waals surface area contributed by atoms with Gasteiger partial charge in [0.1, 0.15) is 11.5 Å². The number of benzene rings is 2. The lowest BCUT2D eigenvalue weighted by Gasteiger charge is -2.09. The summed E-state index contributed by atoms with van der Waals surface area (Å²) in [5, 5.41) is 10.8. The van der Waals surface area contributed by atoms with E-state index in [2.05, 4.69) is 31.9 Å². The van der Waals surface area contributed by atoms with E-state index < -0.39 is 4.92 Å². The van der Waals surface area contributed by atoms with E-state index >= 15 is 0 Å². The molecule has 0 unspecified atom stereocenters. The maximum Gasteiger partial charge on any atom is 0.273 e. The van der Waals surface area contributed by atoms with Crippen LogP contribution in [-0.2, 0) is 6.54 Å². The van der Waals surface area contributed by atoms with Gasteiger partial charge in [-0.05, 0) is 39.7 Å². The second-order valence-electron chi connectivity index (χ2n) is 3.93. The van der Waals surface area contributed by atoms with Crippen molar-refractivity contribution in [3.63, 3.8) is 0 Å². The molecule has 0 atom stereocenters. The zero-order valence-electron chi connectivity index (χ0n) is 10.2. The van der Waals surface area contributed by atoms with Crippen molar-refractivity contribution >= 4 is 37.5 Å². The normalized spacial score (nSPS) is 10.3. The van der Waals surface area contributed by atoms with Crippen LogP contribution in [0.5, 0.6) is 11.5 Å². The molecule has 0 spiro atoms. The molecule has 0 aromatic heterocycles. The van der Waals surface area contributed by atoms with Gasteiger partial charge in [0.2, 0.25) is 0 Å². The highest BCUT2D eigenvalue weighted by Crippen LogP contribution is 2.34. The fourth-order valence-corrected chi connectivity index (χ4v) is 2.42. The van der Waals surface area contributed by atoms with Crippen LogP contribution in [-0.4, -0.2) is 4.92 Å². The minimum atomic E-state index is -0.466. The van der Waals surface area contributed by atoms with Crippen molar-refractivity contribution in [3.05, 3.63) is 61.0 Å². The molecule has 0 amide bonds. The van der Waals surface area contributed by atoms with Crippen LogP contribution in [0.3, 0.4) is 0 Å².